The van der Waals surface area contributed by atoms with Gasteiger partial charge >= 0.3 is 6.03 Å². The highest BCUT2D eigenvalue weighted by Crippen LogP contribution is 2.23. The Balaban J connectivity index is 2.00. The van der Waals surface area contributed by atoms with Crippen LogP contribution in [0.15, 0.2) is 24.3 Å². The molecule has 1 saturated heterocycles. The second-order valence-corrected chi connectivity index (χ2v) is 7.77. The summed E-state index contributed by atoms with van der Waals surface area (Å²) in [6.45, 7) is 11.3. The van der Waals surface area contributed by atoms with Crippen LogP contribution in [-0.2, 0) is 4.74 Å². The molecule has 6 heteroatoms. The maximum Gasteiger partial charge on any atom is 0.317 e. The number of rotatable bonds is 4. The van der Waals surface area contributed by atoms with E-state index in [-0.39, 0.29) is 42.1 Å². The van der Waals surface area contributed by atoms with Gasteiger partial charge in [-0.1, -0.05) is 32.9 Å². The van der Waals surface area contributed by atoms with Crippen LogP contribution < -0.4 is 10.1 Å². The first-order valence-corrected chi connectivity index (χ1v) is 8.75. The van der Waals surface area contributed by atoms with Crippen molar-refractivity contribution < 1.29 is 18.7 Å². The number of morpholine rings is 1. The zero-order valence-corrected chi connectivity index (χ0v) is 15.7. The molecule has 5 nitrogen and oxygen atoms in total. The van der Waals surface area contributed by atoms with E-state index in [1.165, 1.54) is 6.07 Å². The van der Waals surface area contributed by atoms with Crippen molar-refractivity contribution in [2.24, 2.45) is 5.41 Å². The fraction of sp³-hybridized carbons (Fsp3) is 0.632. The number of carbonyl (C=O) groups is 1. The van der Waals surface area contributed by atoms with Crippen molar-refractivity contribution in [2.45, 2.75) is 52.9 Å². The SMILES string of the molecule is CC1CN(C(=O)NC(COc2ccccc2F)C(C)(C)C)CC(C)O1. The van der Waals surface area contributed by atoms with Gasteiger partial charge in [-0.05, 0) is 31.4 Å². The van der Waals surface area contributed by atoms with Crippen LogP contribution in [0.5, 0.6) is 5.75 Å². The van der Waals surface area contributed by atoms with E-state index in [0.717, 1.165) is 0 Å². The second-order valence-electron chi connectivity index (χ2n) is 7.77. The minimum atomic E-state index is -0.405. The fourth-order valence-electron chi connectivity index (χ4n) is 2.83. The molecule has 140 valence electrons. The van der Waals surface area contributed by atoms with Crippen LogP contribution in [0.25, 0.3) is 0 Å². The van der Waals surface area contributed by atoms with Gasteiger partial charge in [0.2, 0.25) is 0 Å². The molecule has 3 atom stereocenters. The van der Waals surface area contributed by atoms with E-state index in [9.17, 15) is 9.18 Å². The molecule has 0 aliphatic carbocycles. The van der Waals surface area contributed by atoms with Gasteiger partial charge in [-0.2, -0.15) is 0 Å². The Morgan fingerprint density at radius 1 is 1.32 bits per heavy atom. The topological polar surface area (TPSA) is 50.8 Å². The van der Waals surface area contributed by atoms with Crippen LogP contribution in [0.4, 0.5) is 9.18 Å². The molecule has 1 N–H and O–H groups in total. The third-order valence-corrected chi connectivity index (χ3v) is 4.29. The molecule has 3 unspecified atom stereocenters. The predicted octanol–water partition coefficient (Wildman–Crippen LogP) is 3.44. The lowest BCUT2D eigenvalue weighted by atomic mass is 9.87. The molecule has 1 aromatic carbocycles. The zero-order chi connectivity index (χ0) is 18.6. The highest BCUT2D eigenvalue weighted by atomic mass is 19.1. The number of nitrogens with one attached hydrogen (secondary N) is 1. The number of carbonyl (C=O) groups excluding carboxylic acids is 1. The Morgan fingerprint density at radius 3 is 2.48 bits per heavy atom. The standard InChI is InChI=1S/C19H29FN2O3/c1-13-10-22(11-14(2)25-13)18(23)21-17(19(3,4)5)12-24-16-9-7-6-8-15(16)20/h6-9,13-14,17H,10-12H2,1-5H3,(H,21,23). The van der Waals surface area contributed by atoms with Crippen molar-refractivity contribution in [1.29, 1.82) is 0 Å². The second kappa shape index (κ2) is 8.04. The van der Waals surface area contributed by atoms with Gasteiger partial charge < -0.3 is 19.7 Å². The number of benzene rings is 1. The third-order valence-electron chi connectivity index (χ3n) is 4.29. The Labute approximate surface area is 149 Å². The molecule has 2 amide bonds. The molecule has 0 spiro atoms. The quantitative estimate of drug-likeness (QED) is 0.903. The molecule has 0 radical (unpaired) electrons. The Morgan fingerprint density at radius 2 is 1.92 bits per heavy atom. The van der Waals surface area contributed by atoms with Crippen molar-refractivity contribution in [2.75, 3.05) is 19.7 Å². The summed E-state index contributed by atoms with van der Waals surface area (Å²) in [6.07, 6.45) is 0.0227. The van der Waals surface area contributed by atoms with Gasteiger partial charge in [0.15, 0.2) is 11.6 Å². The maximum atomic E-state index is 13.7. The largest absolute Gasteiger partial charge is 0.488 e. The molecule has 0 bridgehead atoms. The van der Waals surface area contributed by atoms with Gasteiger partial charge in [-0.15, -0.1) is 0 Å². The lowest BCUT2D eigenvalue weighted by Gasteiger charge is -2.38. The summed E-state index contributed by atoms with van der Waals surface area (Å²) < 4.78 is 25.0. The van der Waals surface area contributed by atoms with E-state index in [1.54, 1.807) is 23.1 Å². The van der Waals surface area contributed by atoms with Gasteiger partial charge in [0, 0.05) is 13.1 Å². The summed E-state index contributed by atoms with van der Waals surface area (Å²) >= 11 is 0. The number of amides is 2. The number of nitrogens with zero attached hydrogens (tertiary/aromatic N) is 1. The summed E-state index contributed by atoms with van der Waals surface area (Å²) in [5, 5.41) is 3.04. The maximum absolute atomic E-state index is 13.7. The first-order valence-electron chi connectivity index (χ1n) is 8.75. The first kappa shape index (κ1) is 19.5. The number of hydrogen-bond acceptors (Lipinski definition) is 3. The highest BCUT2D eigenvalue weighted by molar-refractivity contribution is 5.74. The van der Waals surface area contributed by atoms with E-state index in [1.807, 2.05) is 34.6 Å². The Kier molecular flexibility index (Phi) is 6.27. The van der Waals surface area contributed by atoms with Crippen molar-refractivity contribution in [3.63, 3.8) is 0 Å². The predicted molar refractivity (Wildman–Crippen MR) is 95.3 cm³/mol. The van der Waals surface area contributed by atoms with Crippen molar-refractivity contribution in [1.82, 2.24) is 10.2 Å². The molecule has 1 aromatic rings. The molecule has 25 heavy (non-hydrogen) atoms. The Bertz CT molecular complexity index is 578. The number of para-hydroxylation sites is 1. The molecular formula is C19H29FN2O3. The fourth-order valence-corrected chi connectivity index (χ4v) is 2.83. The van der Waals surface area contributed by atoms with E-state index in [4.69, 9.17) is 9.47 Å². The van der Waals surface area contributed by atoms with Gasteiger partial charge in [0.1, 0.15) is 6.61 Å². The van der Waals surface area contributed by atoms with Gasteiger partial charge in [0.25, 0.3) is 0 Å². The van der Waals surface area contributed by atoms with Gasteiger partial charge in [0.05, 0.1) is 18.2 Å². The van der Waals surface area contributed by atoms with Crippen LogP contribution in [0.3, 0.4) is 0 Å². The average Bonchev–Trinajstić information content (AvgIpc) is 2.50. The minimum absolute atomic E-state index is 0.0113. The van der Waals surface area contributed by atoms with Crippen LogP contribution in [-0.4, -0.2) is 48.9 Å². The Hall–Kier alpha value is -1.82. The van der Waals surface area contributed by atoms with Gasteiger partial charge in [-0.3, -0.25) is 0 Å². The van der Waals surface area contributed by atoms with Crippen LogP contribution in [0.2, 0.25) is 0 Å². The summed E-state index contributed by atoms with van der Waals surface area (Å²) in [5.41, 5.74) is -0.232. The normalized spacial score (nSPS) is 22.4. The lowest BCUT2D eigenvalue weighted by Crippen LogP contribution is -2.56. The molecule has 1 aliphatic heterocycles. The molecule has 1 heterocycles. The molecule has 2 rings (SSSR count). The van der Waals surface area contributed by atoms with E-state index in [2.05, 4.69) is 5.32 Å². The average molecular weight is 352 g/mol. The number of hydrogen-bond donors (Lipinski definition) is 1. The van der Waals surface area contributed by atoms with E-state index < -0.39 is 5.82 Å². The van der Waals surface area contributed by atoms with Crippen LogP contribution in [0, 0.1) is 11.2 Å². The summed E-state index contributed by atoms with van der Waals surface area (Å²) in [4.78, 5) is 14.4. The van der Waals surface area contributed by atoms with Crippen LogP contribution >= 0.6 is 0 Å². The lowest BCUT2D eigenvalue weighted by molar-refractivity contribution is -0.0552. The van der Waals surface area contributed by atoms with Gasteiger partial charge in [-0.25, -0.2) is 9.18 Å². The monoisotopic (exact) mass is 352 g/mol. The number of halogens is 1. The number of ether oxygens (including phenoxy) is 2. The zero-order valence-electron chi connectivity index (χ0n) is 15.7. The smallest absolute Gasteiger partial charge is 0.317 e. The summed E-state index contributed by atoms with van der Waals surface area (Å²) in [7, 11) is 0. The van der Waals surface area contributed by atoms with E-state index >= 15 is 0 Å². The van der Waals surface area contributed by atoms with Crippen molar-refractivity contribution in [3.05, 3.63) is 30.1 Å². The minimum Gasteiger partial charge on any atom is -0.488 e. The molecule has 1 aliphatic rings. The van der Waals surface area contributed by atoms with Crippen molar-refractivity contribution >= 4 is 6.03 Å². The molecule has 1 fully saturated rings. The first-order chi connectivity index (χ1) is 11.7. The molecule has 0 saturated carbocycles. The van der Waals surface area contributed by atoms with Crippen LogP contribution in [0.1, 0.15) is 34.6 Å². The number of urea groups is 1. The molecule has 0 aromatic heterocycles. The molecular weight excluding hydrogens is 323 g/mol. The summed E-state index contributed by atoms with van der Waals surface area (Å²) in [6, 6.07) is 5.89. The van der Waals surface area contributed by atoms with Crippen molar-refractivity contribution in [3.8, 4) is 5.75 Å². The third kappa shape index (κ3) is 5.59. The van der Waals surface area contributed by atoms with E-state index in [0.29, 0.717) is 13.1 Å². The highest BCUT2D eigenvalue weighted by Gasteiger charge is 2.31. The summed E-state index contributed by atoms with van der Waals surface area (Å²) in [5.74, 6) is -0.211.